The summed E-state index contributed by atoms with van der Waals surface area (Å²) < 4.78 is 5.41. The minimum Gasteiger partial charge on any atom is -0.496 e. The van der Waals surface area contributed by atoms with E-state index in [1.165, 1.54) is 4.90 Å². The number of aliphatic imine (C=N–C) groups is 1. The van der Waals surface area contributed by atoms with Crippen LogP contribution in [0.4, 0.5) is 0 Å². The highest BCUT2D eigenvalue weighted by Crippen LogP contribution is 2.30. The Labute approximate surface area is 173 Å². The number of nitrogens with one attached hydrogen (secondary N) is 2. The van der Waals surface area contributed by atoms with Crippen molar-refractivity contribution < 1.29 is 4.74 Å². The number of guanidine groups is 1. The van der Waals surface area contributed by atoms with Gasteiger partial charge in [-0.3, -0.25) is 4.99 Å². The highest BCUT2D eigenvalue weighted by atomic mass is 127. The third-order valence-corrected chi connectivity index (χ3v) is 5.23. The Hall–Kier alpha value is -0.890. The summed E-state index contributed by atoms with van der Waals surface area (Å²) in [5, 5.41) is 6.86. The topological polar surface area (TPSA) is 45.7 Å². The fraction of sp³-hybridized carbons (Fsp3) is 0.526. The van der Waals surface area contributed by atoms with Gasteiger partial charge in [0.2, 0.25) is 0 Å². The van der Waals surface area contributed by atoms with Crippen LogP contribution in [-0.4, -0.2) is 38.0 Å². The van der Waals surface area contributed by atoms with Gasteiger partial charge >= 0.3 is 0 Å². The van der Waals surface area contributed by atoms with E-state index in [1.54, 1.807) is 7.11 Å². The molecule has 0 aromatic heterocycles. The Balaban J connectivity index is 0.00000312. The van der Waals surface area contributed by atoms with Gasteiger partial charge in [-0.2, -0.15) is 0 Å². The number of hydrogen-bond acceptors (Lipinski definition) is 3. The van der Waals surface area contributed by atoms with Gasteiger partial charge in [0.05, 0.1) is 7.11 Å². The largest absolute Gasteiger partial charge is 0.496 e. The van der Waals surface area contributed by atoms with Crippen LogP contribution in [0.3, 0.4) is 0 Å². The summed E-state index contributed by atoms with van der Waals surface area (Å²) in [6.45, 7) is 6.05. The minimum absolute atomic E-state index is 0. The molecule has 0 heterocycles. The lowest BCUT2D eigenvalue weighted by atomic mass is 10.2. The van der Waals surface area contributed by atoms with E-state index in [-0.39, 0.29) is 24.0 Å². The Morgan fingerprint density at radius 2 is 2.04 bits per heavy atom. The molecule has 0 spiro atoms. The maximum Gasteiger partial charge on any atom is 0.191 e. The lowest BCUT2D eigenvalue weighted by molar-refractivity contribution is 0.405. The van der Waals surface area contributed by atoms with Crippen molar-refractivity contribution in [2.45, 2.75) is 37.6 Å². The summed E-state index contributed by atoms with van der Waals surface area (Å²) in [7, 11) is 1.72. The van der Waals surface area contributed by atoms with E-state index in [0.29, 0.717) is 12.0 Å². The van der Waals surface area contributed by atoms with Crippen molar-refractivity contribution in [1.82, 2.24) is 10.6 Å². The van der Waals surface area contributed by atoms with Gasteiger partial charge < -0.3 is 15.4 Å². The first-order chi connectivity index (χ1) is 11.7. The SMILES string of the molecule is CCNC(=NCC(C)CSc1ccccc1OC)NC1CC=CC1.I. The van der Waals surface area contributed by atoms with Crippen molar-refractivity contribution in [3.63, 3.8) is 0 Å². The zero-order valence-corrected chi connectivity index (χ0v) is 18.5. The summed E-state index contributed by atoms with van der Waals surface area (Å²) in [6.07, 6.45) is 6.63. The van der Waals surface area contributed by atoms with E-state index in [9.17, 15) is 0 Å². The maximum atomic E-state index is 5.41. The van der Waals surface area contributed by atoms with Crippen molar-refractivity contribution in [1.29, 1.82) is 0 Å². The molecular formula is C19H30IN3OS. The number of rotatable bonds is 8. The third kappa shape index (κ3) is 7.90. The molecule has 0 amide bonds. The number of hydrogen-bond donors (Lipinski definition) is 2. The van der Waals surface area contributed by atoms with Gasteiger partial charge in [-0.05, 0) is 37.8 Å². The average Bonchev–Trinajstić information content (AvgIpc) is 3.11. The number of thioether (sulfide) groups is 1. The second-order valence-corrected chi connectivity index (χ2v) is 7.13. The number of para-hydroxylation sites is 1. The normalized spacial score (nSPS) is 15.6. The molecule has 1 aliphatic rings. The number of methoxy groups -OCH3 is 1. The van der Waals surface area contributed by atoms with Crippen molar-refractivity contribution in [2.24, 2.45) is 10.9 Å². The molecule has 0 fully saturated rings. The lowest BCUT2D eigenvalue weighted by Gasteiger charge is -2.17. The molecule has 140 valence electrons. The van der Waals surface area contributed by atoms with Crippen molar-refractivity contribution in [3.8, 4) is 5.75 Å². The Morgan fingerprint density at radius 3 is 2.72 bits per heavy atom. The van der Waals surface area contributed by atoms with Crippen LogP contribution in [-0.2, 0) is 0 Å². The molecule has 2 rings (SSSR count). The van der Waals surface area contributed by atoms with Crippen molar-refractivity contribution in [2.75, 3.05) is 26.0 Å². The van der Waals surface area contributed by atoms with Gasteiger partial charge in [0, 0.05) is 29.8 Å². The molecule has 1 unspecified atom stereocenters. The van der Waals surface area contributed by atoms with E-state index >= 15 is 0 Å². The number of halogens is 1. The molecule has 2 N–H and O–H groups in total. The summed E-state index contributed by atoms with van der Waals surface area (Å²) in [6, 6.07) is 8.66. The third-order valence-electron chi connectivity index (χ3n) is 3.85. The van der Waals surface area contributed by atoms with Gasteiger partial charge in [-0.1, -0.05) is 31.2 Å². The second kappa shape index (κ2) is 12.5. The van der Waals surface area contributed by atoms with E-state index < -0.39 is 0 Å². The first kappa shape index (κ1) is 22.2. The quantitative estimate of drug-likeness (QED) is 0.193. The molecule has 6 heteroatoms. The fourth-order valence-electron chi connectivity index (χ4n) is 2.52. The number of nitrogens with zero attached hydrogens (tertiary/aromatic N) is 1. The first-order valence-electron chi connectivity index (χ1n) is 8.68. The van der Waals surface area contributed by atoms with Crippen molar-refractivity contribution in [3.05, 3.63) is 36.4 Å². The van der Waals surface area contributed by atoms with Crippen LogP contribution in [0.15, 0.2) is 46.3 Å². The molecule has 1 atom stereocenters. The molecule has 25 heavy (non-hydrogen) atoms. The molecule has 0 saturated carbocycles. The minimum atomic E-state index is 0. The monoisotopic (exact) mass is 475 g/mol. The Bertz CT molecular complexity index is 557. The van der Waals surface area contributed by atoms with E-state index in [1.807, 2.05) is 23.9 Å². The fourth-order valence-corrected chi connectivity index (χ4v) is 3.56. The van der Waals surface area contributed by atoms with Gasteiger partial charge in [-0.15, -0.1) is 35.7 Å². The Morgan fingerprint density at radius 1 is 1.32 bits per heavy atom. The van der Waals surface area contributed by atoms with Crippen LogP contribution in [0.25, 0.3) is 0 Å². The van der Waals surface area contributed by atoms with Gasteiger partial charge in [0.15, 0.2) is 5.96 Å². The zero-order chi connectivity index (χ0) is 17.2. The Kier molecular flexibility index (Phi) is 11.0. The predicted octanol–water partition coefficient (Wildman–Crippen LogP) is 4.32. The molecule has 0 saturated heterocycles. The van der Waals surface area contributed by atoms with Crippen LogP contribution in [0, 0.1) is 5.92 Å². The summed E-state index contributed by atoms with van der Waals surface area (Å²) >= 11 is 1.83. The molecular weight excluding hydrogens is 445 g/mol. The lowest BCUT2D eigenvalue weighted by Crippen LogP contribution is -2.42. The predicted molar refractivity (Wildman–Crippen MR) is 120 cm³/mol. The van der Waals surface area contributed by atoms with Gasteiger partial charge in [0.1, 0.15) is 5.75 Å². The van der Waals surface area contributed by atoms with Crippen LogP contribution < -0.4 is 15.4 Å². The summed E-state index contributed by atoms with van der Waals surface area (Å²) in [5.74, 6) is 3.40. The van der Waals surface area contributed by atoms with Crippen LogP contribution in [0.1, 0.15) is 26.7 Å². The first-order valence-corrected chi connectivity index (χ1v) is 9.67. The van der Waals surface area contributed by atoms with Crippen LogP contribution >= 0.6 is 35.7 Å². The number of benzene rings is 1. The smallest absolute Gasteiger partial charge is 0.191 e. The van der Waals surface area contributed by atoms with Crippen LogP contribution in [0.5, 0.6) is 5.75 Å². The average molecular weight is 475 g/mol. The molecule has 4 nitrogen and oxygen atoms in total. The van der Waals surface area contributed by atoms with Crippen LogP contribution in [0.2, 0.25) is 0 Å². The van der Waals surface area contributed by atoms with E-state index in [0.717, 1.165) is 43.4 Å². The highest BCUT2D eigenvalue weighted by molar-refractivity contribution is 14.0. The summed E-state index contributed by atoms with van der Waals surface area (Å²) in [4.78, 5) is 5.95. The standard InChI is InChI=1S/C19H29N3OS.HI/c1-4-20-19(22-16-9-5-6-10-16)21-13-15(2)14-24-18-12-8-7-11-17(18)23-3;/h5-8,11-12,15-16H,4,9-10,13-14H2,1-3H3,(H2,20,21,22);1H. The molecule has 1 aliphatic carbocycles. The molecule has 0 aliphatic heterocycles. The van der Waals surface area contributed by atoms with Crippen molar-refractivity contribution >= 4 is 41.7 Å². The van der Waals surface area contributed by atoms with E-state index in [4.69, 9.17) is 9.73 Å². The number of ether oxygens (including phenoxy) is 1. The van der Waals surface area contributed by atoms with E-state index in [2.05, 4.69) is 48.8 Å². The maximum absolute atomic E-state index is 5.41. The zero-order valence-electron chi connectivity index (χ0n) is 15.3. The second-order valence-electron chi connectivity index (χ2n) is 6.07. The molecule has 1 aromatic rings. The van der Waals surface area contributed by atoms with Gasteiger partial charge in [0.25, 0.3) is 0 Å². The van der Waals surface area contributed by atoms with Gasteiger partial charge in [-0.25, -0.2) is 0 Å². The highest BCUT2D eigenvalue weighted by Gasteiger charge is 2.12. The molecule has 0 bridgehead atoms. The molecule has 0 radical (unpaired) electrons. The summed E-state index contributed by atoms with van der Waals surface area (Å²) in [5.41, 5.74) is 0. The molecule has 1 aromatic carbocycles.